The third-order valence-corrected chi connectivity index (χ3v) is 2.92. The fourth-order valence-electron chi connectivity index (χ4n) is 2.02. The van der Waals surface area contributed by atoms with Crippen molar-refractivity contribution in [1.29, 1.82) is 0 Å². The number of nitrogens with zero attached hydrogens (tertiary/aromatic N) is 3. The predicted octanol–water partition coefficient (Wildman–Crippen LogP) is 1.33. The zero-order valence-corrected chi connectivity index (χ0v) is 11.1. The van der Waals surface area contributed by atoms with Crippen molar-refractivity contribution in [2.24, 2.45) is 5.73 Å². The summed E-state index contributed by atoms with van der Waals surface area (Å²) in [5, 5.41) is 8.53. The van der Waals surface area contributed by atoms with Crippen LogP contribution in [0.5, 0.6) is 0 Å². The van der Waals surface area contributed by atoms with Crippen LogP contribution in [0.2, 0.25) is 0 Å². The van der Waals surface area contributed by atoms with E-state index < -0.39 is 0 Å². The molecule has 1 heterocycles. The Bertz CT molecular complexity index is 324. The van der Waals surface area contributed by atoms with Crippen molar-refractivity contribution in [3.8, 4) is 0 Å². The van der Waals surface area contributed by atoms with Crippen LogP contribution in [0.3, 0.4) is 0 Å². The van der Waals surface area contributed by atoms with E-state index in [2.05, 4.69) is 24.2 Å². The van der Waals surface area contributed by atoms with Crippen LogP contribution in [-0.2, 0) is 17.6 Å². The van der Waals surface area contributed by atoms with Crippen molar-refractivity contribution in [3.05, 3.63) is 11.4 Å². The van der Waals surface area contributed by atoms with Gasteiger partial charge in [-0.1, -0.05) is 25.5 Å². The standard InChI is InChI=1S/C12H24N4O/c1-4-6-12-11(7-8-13)14-15-16(12)10(5-2)9-17-3/h10H,4-9,13H2,1-3H3. The molecule has 1 atom stereocenters. The molecule has 98 valence electrons. The minimum atomic E-state index is 0.278. The molecule has 0 radical (unpaired) electrons. The topological polar surface area (TPSA) is 66.0 Å². The summed E-state index contributed by atoms with van der Waals surface area (Å²) in [7, 11) is 1.72. The van der Waals surface area contributed by atoms with Gasteiger partial charge in [-0.05, 0) is 19.4 Å². The van der Waals surface area contributed by atoms with Crippen LogP contribution in [0.1, 0.15) is 44.1 Å². The highest BCUT2D eigenvalue weighted by atomic mass is 16.5. The molecule has 2 N–H and O–H groups in total. The zero-order valence-electron chi connectivity index (χ0n) is 11.1. The summed E-state index contributed by atoms with van der Waals surface area (Å²) in [5.74, 6) is 0. The smallest absolute Gasteiger partial charge is 0.0871 e. The van der Waals surface area contributed by atoms with E-state index >= 15 is 0 Å². The van der Waals surface area contributed by atoms with Crippen molar-refractivity contribution >= 4 is 0 Å². The average Bonchev–Trinajstić information content (AvgIpc) is 2.71. The number of ether oxygens (including phenoxy) is 1. The third kappa shape index (κ3) is 3.51. The van der Waals surface area contributed by atoms with Gasteiger partial charge in [-0.25, -0.2) is 4.68 Å². The number of hydrogen-bond donors (Lipinski definition) is 1. The summed E-state index contributed by atoms with van der Waals surface area (Å²) < 4.78 is 7.26. The summed E-state index contributed by atoms with van der Waals surface area (Å²) in [6.45, 7) is 5.61. The van der Waals surface area contributed by atoms with Crippen LogP contribution in [0.15, 0.2) is 0 Å². The van der Waals surface area contributed by atoms with Crippen LogP contribution in [0.25, 0.3) is 0 Å². The Morgan fingerprint density at radius 2 is 2.12 bits per heavy atom. The Balaban J connectivity index is 2.95. The summed E-state index contributed by atoms with van der Waals surface area (Å²) in [4.78, 5) is 0. The van der Waals surface area contributed by atoms with Crippen molar-refractivity contribution in [3.63, 3.8) is 0 Å². The van der Waals surface area contributed by atoms with E-state index in [1.807, 2.05) is 4.68 Å². The molecule has 1 aromatic heterocycles. The Hall–Kier alpha value is -0.940. The maximum Gasteiger partial charge on any atom is 0.0871 e. The Kier molecular flexibility index (Phi) is 6.15. The van der Waals surface area contributed by atoms with Gasteiger partial charge in [0, 0.05) is 13.5 Å². The van der Waals surface area contributed by atoms with Gasteiger partial charge < -0.3 is 10.5 Å². The molecule has 1 unspecified atom stereocenters. The summed E-state index contributed by atoms with van der Waals surface area (Å²) in [5.41, 5.74) is 7.87. The molecule has 0 aliphatic rings. The first kappa shape index (κ1) is 14.1. The molecule has 0 aliphatic heterocycles. The van der Waals surface area contributed by atoms with E-state index in [1.54, 1.807) is 7.11 Å². The molecule has 0 aliphatic carbocycles. The molecule has 5 heteroatoms. The zero-order chi connectivity index (χ0) is 12.7. The lowest BCUT2D eigenvalue weighted by Gasteiger charge is -2.17. The second-order valence-electron chi connectivity index (χ2n) is 4.23. The molecule has 0 aromatic carbocycles. The maximum atomic E-state index is 5.60. The second kappa shape index (κ2) is 7.40. The largest absolute Gasteiger partial charge is 0.382 e. The van der Waals surface area contributed by atoms with Gasteiger partial charge in [-0.15, -0.1) is 5.10 Å². The van der Waals surface area contributed by atoms with Crippen LogP contribution < -0.4 is 5.73 Å². The second-order valence-corrected chi connectivity index (χ2v) is 4.23. The number of aromatic nitrogens is 3. The molecule has 0 saturated carbocycles. The molecule has 0 saturated heterocycles. The number of rotatable bonds is 8. The number of methoxy groups -OCH3 is 1. The lowest BCUT2D eigenvalue weighted by Crippen LogP contribution is -2.18. The summed E-state index contributed by atoms with van der Waals surface area (Å²) in [6, 6.07) is 0.278. The Morgan fingerprint density at radius 1 is 1.35 bits per heavy atom. The quantitative estimate of drug-likeness (QED) is 0.744. The molecule has 5 nitrogen and oxygen atoms in total. The van der Waals surface area contributed by atoms with Crippen molar-refractivity contribution < 1.29 is 4.74 Å². The van der Waals surface area contributed by atoms with Crippen LogP contribution >= 0.6 is 0 Å². The van der Waals surface area contributed by atoms with E-state index in [0.717, 1.165) is 31.4 Å². The normalized spacial score (nSPS) is 12.9. The van der Waals surface area contributed by atoms with Gasteiger partial charge >= 0.3 is 0 Å². The minimum Gasteiger partial charge on any atom is -0.382 e. The van der Waals surface area contributed by atoms with Gasteiger partial charge in [0.05, 0.1) is 24.0 Å². The molecule has 0 fully saturated rings. The third-order valence-electron chi connectivity index (χ3n) is 2.92. The number of nitrogens with two attached hydrogens (primary N) is 1. The maximum absolute atomic E-state index is 5.60. The highest BCUT2D eigenvalue weighted by Gasteiger charge is 2.17. The van der Waals surface area contributed by atoms with E-state index in [-0.39, 0.29) is 6.04 Å². The fourth-order valence-corrected chi connectivity index (χ4v) is 2.02. The molecule has 0 amide bonds. The van der Waals surface area contributed by atoms with Gasteiger partial charge in [-0.2, -0.15) is 0 Å². The Labute approximate surface area is 103 Å². The van der Waals surface area contributed by atoms with E-state index in [9.17, 15) is 0 Å². The molecule has 0 spiro atoms. The molecule has 1 aromatic rings. The molecule has 1 rings (SSSR count). The minimum absolute atomic E-state index is 0.278. The lowest BCUT2D eigenvalue weighted by atomic mass is 10.1. The molecule has 17 heavy (non-hydrogen) atoms. The lowest BCUT2D eigenvalue weighted by molar-refractivity contribution is 0.144. The molecular formula is C12H24N4O. The van der Waals surface area contributed by atoms with Gasteiger partial charge in [-0.3, -0.25) is 0 Å². The molecule has 0 bridgehead atoms. The van der Waals surface area contributed by atoms with Crippen LogP contribution in [0, 0.1) is 0 Å². The highest BCUT2D eigenvalue weighted by molar-refractivity contribution is 5.12. The van der Waals surface area contributed by atoms with Crippen LogP contribution in [-0.4, -0.2) is 35.3 Å². The van der Waals surface area contributed by atoms with Crippen molar-refractivity contribution in [2.45, 2.75) is 45.6 Å². The van der Waals surface area contributed by atoms with Gasteiger partial charge in [0.1, 0.15) is 0 Å². The molecular weight excluding hydrogens is 216 g/mol. The van der Waals surface area contributed by atoms with Crippen molar-refractivity contribution in [1.82, 2.24) is 15.0 Å². The van der Waals surface area contributed by atoms with Gasteiger partial charge in [0.15, 0.2) is 0 Å². The predicted molar refractivity (Wildman–Crippen MR) is 68.0 cm³/mol. The monoisotopic (exact) mass is 240 g/mol. The van der Waals surface area contributed by atoms with Crippen molar-refractivity contribution in [2.75, 3.05) is 20.3 Å². The first-order valence-electron chi connectivity index (χ1n) is 6.40. The van der Waals surface area contributed by atoms with Crippen LogP contribution in [0.4, 0.5) is 0 Å². The summed E-state index contributed by atoms with van der Waals surface area (Å²) >= 11 is 0. The van der Waals surface area contributed by atoms with E-state index in [4.69, 9.17) is 10.5 Å². The average molecular weight is 240 g/mol. The first-order chi connectivity index (χ1) is 8.28. The van der Waals surface area contributed by atoms with E-state index in [1.165, 1.54) is 5.69 Å². The van der Waals surface area contributed by atoms with Gasteiger partial charge in [0.25, 0.3) is 0 Å². The fraction of sp³-hybridized carbons (Fsp3) is 0.833. The summed E-state index contributed by atoms with van der Waals surface area (Å²) in [6.07, 6.45) is 3.89. The highest BCUT2D eigenvalue weighted by Crippen LogP contribution is 2.17. The van der Waals surface area contributed by atoms with E-state index in [0.29, 0.717) is 13.2 Å². The Morgan fingerprint density at radius 3 is 2.65 bits per heavy atom. The SMILES string of the molecule is CCCc1c(CCN)nnn1C(CC)COC. The number of hydrogen-bond acceptors (Lipinski definition) is 4. The van der Waals surface area contributed by atoms with Gasteiger partial charge in [0.2, 0.25) is 0 Å². The first-order valence-corrected chi connectivity index (χ1v) is 6.40.